The minimum Gasteiger partial charge on any atom is -0.349 e. The zero-order chi connectivity index (χ0) is 16.3. The molecule has 0 aliphatic carbocycles. The van der Waals surface area contributed by atoms with Crippen LogP contribution in [0.25, 0.3) is 10.6 Å². The van der Waals surface area contributed by atoms with Gasteiger partial charge in [-0.1, -0.05) is 23.7 Å². The molecule has 3 N–H and O–H groups in total. The third-order valence-electron chi connectivity index (χ3n) is 3.20. The molecule has 0 aliphatic rings. The first kappa shape index (κ1) is 19.9. The SMILES string of the molecule is Cc1nc(-c2ccc(Cl)cc2)sc1C(C)NC(=O)CC(C)N.Cl. The van der Waals surface area contributed by atoms with E-state index in [2.05, 4.69) is 10.3 Å². The van der Waals surface area contributed by atoms with Gasteiger partial charge in [0.2, 0.25) is 5.91 Å². The number of carbonyl (C=O) groups excluding carboxylic acids is 1. The molecule has 2 rings (SSSR count). The molecular formula is C16H21Cl2N3OS. The van der Waals surface area contributed by atoms with Crippen LogP contribution in [-0.4, -0.2) is 16.9 Å². The van der Waals surface area contributed by atoms with E-state index in [-0.39, 0.29) is 30.4 Å². The van der Waals surface area contributed by atoms with Gasteiger partial charge in [-0.15, -0.1) is 23.7 Å². The lowest BCUT2D eigenvalue weighted by atomic mass is 10.2. The van der Waals surface area contributed by atoms with Gasteiger partial charge in [-0.3, -0.25) is 4.79 Å². The van der Waals surface area contributed by atoms with E-state index < -0.39 is 0 Å². The molecule has 0 saturated heterocycles. The van der Waals surface area contributed by atoms with Crippen molar-refractivity contribution in [2.24, 2.45) is 5.73 Å². The molecular weight excluding hydrogens is 353 g/mol. The quantitative estimate of drug-likeness (QED) is 0.828. The summed E-state index contributed by atoms with van der Waals surface area (Å²) in [6, 6.07) is 7.37. The number of carbonyl (C=O) groups is 1. The average molecular weight is 374 g/mol. The van der Waals surface area contributed by atoms with E-state index in [0.29, 0.717) is 11.4 Å². The number of thiazole rings is 1. The first-order valence-electron chi connectivity index (χ1n) is 7.15. The average Bonchev–Trinajstić information content (AvgIpc) is 2.80. The molecule has 2 unspecified atom stereocenters. The van der Waals surface area contributed by atoms with Crippen LogP contribution >= 0.6 is 35.3 Å². The Balaban J connectivity index is 0.00000264. The fourth-order valence-electron chi connectivity index (χ4n) is 2.18. The summed E-state index contributed by atoms with van der Waals surface area (Å²) in [6.45, 7) is 5.74. The summed E-state index contributed by atoms with van der Waals surface area (Å²) in [7, 11) is 0. The van der Waals surface area contributed by atoms with Gasteiger partial charge in [0, 0.05) is 23.0 Å². The van der Waals surface area contributed by atoms with Gasteiger partial charge in [0.1, 0.15) is 5.01 Å². The number of aromatic nitrogens is 1. The van der Waals surface area contributed by atoms with E-state index in [9.17, 15) is 4.79 Å². The number of benzene rings is 1. The van der Waals surface area contributed by atoms with Crippen LogP contribution in [0.4, 0.5) is 0 Å². The van der Waals surface area contributed by atoms with Crippen molar-refractivity contribution in [1.82, 2.24) is 10.3 Å². The van der Waals surface area contributed by atoms with Crippen molar-refractivity contribution in [3.05, 3.63) is 39.9 Å². The lowest BCUT2D eigenvalue weighted by molar-refractivity contribution is -0.121. The fraction of sp³-hybridized carbons (Fsp3) is 0.375. The van der Waals surface area contributed by atoms with Crippen LogP contribution in [0, 0.1) is 6.92 Å². The molecule has 0 fully saturated rings. The van der Waals surface area contributed by atoms with Crippen molar-refractivity contribution < 1.29 is 4.79 Å². The first-order chi connectivity index (χ1) is 10.4. The summed E-state index contributed by atoms with van der Waals surface area (Å²) < 4.78 is 0. The number of hydrogen-bond acceptors (Lipinski definition) is 4. The Bertz CT molecular complexity index is 656. The van der Waals surface area contributed by atoms with E-state index in [4.69, 9.17) is 17.3 Å². The van der Waals surface area contributed by atoms with Gasteiger partial charge >= 0.3 is 0 Å². The highest BCUT2D eigenvalue weighted by Gasteiger charge is 2.17. The summed E-state index contributed by atoms with van der Waals surface area (Å²) in [5.74, 6) is -0.0386. The standard InChI is InChI=1S/C16H20ClN3OS.ClH/c1-9(18)8-14(21)19-10(2)15-11(3)20-16(22-15)12-4-6-13(17)7-5-12;/h4-7,9-10H,8,18H2,1-3H3,(H,19,21);1H. The van der Waals surface area contributed by atoms with Gasteiger partial charge in [-0.05, 0) is 32.9 Å². The second-order valence-corrected chi connectivity index (χ2v) is 6.91. The minimum atomic E-state index is -0.139. The number of halogens is 2. The molecule has 7 heteroatoms. The molecule has 23 heavy (non-hydrogen) atoms. The molecule has 1 aromatic heterocycles. The first-order valence-corrected chi connectivity index (χ1v) is 8.34. The third kappa shape index (κ3) is 5.46. The summed E-state index contributed by atoms with van der Waals surface area (Å²) in [6.07, 6.45) is 0.326. The normalized spacial score (nSPS) is 13.1. The highest BCUT2D eigenvalue weighted by molar-refractivity contribution is 7.15. The third-order valence-corrected chi connectivity index (χ3v) is 4.84. The molecule has 1 heterocycles. The van der Waals surface area contributed by atoms with Crippen molar-refractivity contribution in [3.8, 4) is 10.6 Å². The highest BCUT2D eigenvalue weighted by Crippen LogP contribution is 2.32. The van der Waals surface area contributed by atoms with Gasteiger partial charge in [-0.2, -0.15) is 0 Å². The molecule has 0 saturated carbocycles. The second kappa shape index (κ2) is 8.64. The largest absolute Gasteiger partial charge is 0.349 e. The molecule has 4 nitrogen and oxygen atoms in total. The van der Waals surface area contributed by atoms with Crippen molar-refractivity contribution in [2.45, 2.75) is 39.3 Å². The van der Waals surface area contributed by atoms with Crippen LogP contribution in [0.5, 0.6) is 0 Å². The minimum absolute atomic E-state index is 0. The van der Waals surface area contributed by atoms with Crippen molar-refractivity contribution >= 4 is 41.3 Å². The van der Waals surface area contributed by atoms with Crippen LogP contribution in [0.2, 0.25) is 5.02 Å². The van der Waals surface area contributed by atoms with E-state index in [1.54, 1.807) is 11.3 Å². The van der Waals surface area contributed by atoms with Crippen LogP contribution in [0.15, 0.2) is 24.3 Å². The molecule has 126 valence electrons. The molecule has 1 aromatic carbocycles. The van der Waals surface area contributed by atoms with Gasteiger partial charge in [0.25, 0.3) is 0 Å². The number of nitrogens with one attached hydrogen (secondary N) is 1. The molecule has 0 bridgehead atoms. The smallest absolute Gasteiger partial charge is 0.222 e. The van der Waals surface area contributed by atoms with Crippen LogP contribution < -0.4 is 11.1 Å². The molecule has 1 amide bonds. The van der Waals surface area contributed by atoms with Gasteiger partial charge in [-0.25, -0.2) is 4.98 Å². The Labute approximate surface area is 151 Å². The Morgan fingerprint density at radius 1 is 1.35 bits per heavy atom. The monoisotopic (exact) mass is 373 g/mol. The van der Waals surface area contributed by atoms with E-state index in [1.807, 2.05) is 45.0 Å². The number of rotatable bonds is 5. The maximum absolute atomic E-state index is 11.8. The predicted molar refractivity (Wildman–Crippen MR) is 99.4 cm³/mol. The van der Waals surface area contributed by atoms with Crippen LogP contribution in [-0.2, 0) is 4.79 Å². The van der Waals surface area contributed by atoms with E-state index >= 15 is 0 Å². The maximum atomic E-state index is 11.8. The van der Waals surface area contributed by atoms with Crippen molar-refractivity contribution in [3.63, 3.8) is 0 Å². The number of amides is 1. The Hall–Kier alpha value is -1.14. The Kier molecular flexibility index (Phi) is 7.48. The Morgan fingerprint density at radius 2 is 1.96 bits per heavy atom. The molecule has 0 aliphatic heterocycles. The predicted octanol–water partition coefficient (Wildman–Crippen LogP) is 4.11. The lowest BCUT2D eigenvalue weighted by Gasteiger charge is -2.13. The molecule has 2 aromatic rings. The van der Waals surface area contributed by atoms with E-state index in [1.165, 1.54) is 0 Å². The zero-order valence-corrected chi connectivity index (χ0v) is 15.7. The number of nitrogens with zero attached hydrogens (tertiary/aromatic N) is 1. The fourth-order valence-corrected chi connectivity index (χ4v) is 3.38. The summed E-state index contributed by atoms with van der Waals surface area (Å²) in [5, 5.41) is 4.60. The van der Waals surface area contributed by atoms with Crippen LogP contribution in [0.3, 0.4) is 0 Å². The number of nitrogens with two attached hydrogens (primary N) is 1. The molecule has 0 spiro atoms. The topological polar surface area (TPSA) is 68.0 Å². The van der Waals surface area contributed by atoms with E-state index in [0.717, 1.165) is 21.1 Å². The summed E-state index contributed by atoms with van der Waals surface area (Å²) in [5.41, 5.74) is 7.61. The lowest BCUT2D eigenvalue weighted by Crippen LogP contribution is -2.31. The zero-order valence-electron chi connectivity index (χ0n) is 13.3. The molecule has 2 atom stereocenters. The van der Waals surface area contributed by atoms with Gasteiger partial charge in [0.15, 0.2) is 0 Å². The summed E-state index contributed by atoms with van der Waals surface area (Å²) in [4.78, 5) is 17.5. The highest BCUT2D eigenvalue weighted by atomic mass is 35.5. The number of hydrogen-bond donors (Lipinski definition) is 2. The Morgan fingerprint density at radius 3 is 2.52 bits per heavy atom. The number of aryl methyl sites for hydroxylation is 1. The van der Waals surface area contributed by atoms with Crippen LogP contribution in [0.1, 0.15) is 36.9 Å². The second-order valence-electron chi connectivity index (χ2n) is 5.45. The van der Waals surface area contributed by atoms with Crippen molar-refractivity contribution in [2.75, 3.05) is 0 Å². The maximum Gasteiger partial charge on any atom is 0.222 e. The molecule has 0 radical (unpaired) electrons. The van der Waals surface area contributed by atoms with Gasteiger partial charge in [0.05, 0.1) is 16.6 Å². The van der Waals surface area contributed by atoms with Gasteiger partial charge < -0.3 is 11.1 Å². The summed E-state index contributed by atoms with van der Waals surface area (Å²) >= 11 is 7.50. The van der Waals surface area contributed by atoms with Crippen molar-refractivity contribution in [1.29, 1.82) is 0 Å².